The molecule has 0 amide bonds. The zero-order valence-corrected chi connectivity index (χ0v) is 7.80. The van der Waals surface area contributed by atoms with Gasteiger partial charge in [-0.1, -0.05) is 11.8 Å². The Labute approximate surface area is 77.1 Å². The van der Waals surface area contributed by atoms with E-state index in [4.69, 9.17) is 0 Å². The maximum atomic E-state index is 11.7. The van der Waals surface area contributed by atoms with Crippen LogP contribution in [0.5, 0.6) is 0 Å². The molecule has 1 rings (SSSR count). The first kappa shape index (κ1) is 10.7. The van der Waals surface area contributed by atoms with E-state index in [0.717, 1.165) is 11.8 Å². The predicted octanol–water partition coefficient (Wildman–Crippen LogP) is 1.83. The van der Waals surface area contributed by atoms with E-state index < -0.39 is 15.6 Å². The first-order valence-electron chi connectivity index (χ1n) is 3.16. The topological polar surface area (TPSA) is 43.4 Å². The van der Waals surface area contributed by atoms with Crippen molar-refractivity contribution in [2.75, 3.05) is 5.75 Å². The lowest BCUT2D eigenvalue weighted by Crippen LogP contribution is -2.24. The third-order valence-electron chi connectivity index (χ3n) is 1.15. The number of allylic oxidation sites excluding steroid dienone is 1. The smallest absolute Gasteiger partial charge is 0.369 e. The van der Waals surface area contributed by atoms with Crippen LogP contribution >= 0.6 is 11.8 Å². The van der Waals surface area contributed by atoms with Crippen LogP contribution < -0.4 is 0 Å². The van der Waals surface area contributed by atoms with E-state index in [0.29, 0.717) is 12.2 Å². The van der Waals surface area contributed by atoms with Gasteiger partial charge in [0.05, 0.1) is 0 Å². The molecule has 0 aromatic heterocycles. The van der Waals surface area contributed by atoms with Gasteiger partial charge in [-0.05, 0) is 12.5 Å². The van der Waals surface area contributed by atoms with Gasteiger partial charge in [0.1, 0.15) is 0 Å². The van der Waals surface area contributed by atoms with Crippen molar-refractivity contribution >= 4 is 21.9 Å². The van der Waals surface area contributed by atoms with Crippen LogP contribution in [0.3, 0.4) is 0 Å². The van der Waals surface area contributed by atoms with Crippen molar-refractivity contribution in [3.05, 3.63) is 11.2 Å². The molecule has 0 aliphatic carbocycles. The Morgan fingerprint density at radius 1 is 1.46 bits per heavy atom. The Morgan fingerprint density at radius 3 is 2.46 bits per heavy atom. The molecule has 0 aromatic rings. The molecule has 0 unspecified atom stereocenters. The molecule has 0 saturated heterocycles. The molecular formula is C5H5F3O3S2. The Kier molecular flexibility index (Phi) is 2.81. The Balaban J connectivity index is 2.73. The number of halogens is 3. The van der Waals surface area contributed by atoms with Crippen LogP contribution in [0.1, 0.15) is 6.42 Å². The molecular weight excluding hydrogens is 229 g/mol. The maximum Gasteiger partial charge on any atom is 0.534 e. The number of rotatable bonds is 2. The van der Waals surface area contributed by atoms with Crippen LogP contribution in [0.15, 0.2) is 11.2 Å². The fraction of sp³-hybridized carbons (Fsp3) is 0.600. The van der Waals surface area contributed by atoms with Crippen molar-refractivity contribution < 1.29 is 25.8 Å². The van der Waals surface area contributed by atoms with Gasteiger partial charge >= 0.3 is 15.6 Å². The average molecular weight is 234 g/mol. The molecule has 0 radical (unpaired) electrons. The van der Waals surface area contributed by atoms with Crippen molar-refractivity contribution in [1.82, 2.24) is 0 Å². The van der Waals surface area contributed by atoms with Gasteiger partial charge in [0.25, 0.3) is 0 Å². The van der Waals surface area contributed by atoms with Crippen LogP contribution in [0, 0.1) is 0 Å². The zero-order chi connectivity index (χ0) is 10.1. The Bertz CT molecular complexity index is 316. The third-order valence-corrected chi connectivity index (χ3v) is 3.19. The molecule has 0 atom stereocenters. The molecule has 0 bridgehead atoms. The minimum atomic E-state index is -5.47. The molecule has 0 aromatic carbocycles. The van der Waals surface area contributed by atoms with Gasteiger partial charge in [-0.2, -0.15) is 21.6 Å². The monoisotopic (exact) mass is 234 g/mol. The van der Waals surface area contributed by atoms with E-state index in [1.807, 2.05) is 0 Å². The molecule has 8 heteroatoms. The summed E-state index contributed by atoms with van der Waals surface area (Å²) in [6, 6.07) is 0. The maximum absolute atomic E-state index is 11.7. The normalized spacial score (nSPS) is 18.5. The second kappa shape index (κ2) is 3.41. The predicted molar refractivity (Wildman–Crippen MR) is 41.2 cm³/mol. The fourth-order valence-electron chi connectivity index (χ4n) is 0.609. The molecule has 1 aliphatic heterocycles. The summed E-state index contributed by atoms with van der Waals surface area (Å²) in [5.41, 5.74) is -5.35. The highest BCUT2D eigenvalue weighted by atomic mass is 32.2. The summed E-state index contributed by atoms with van der Waals surface area (Å²) in [6.45, 7) is 0. The van der Waals surface area contributed by atoms with Crippen LogP contribution in [-0.4, -0.2) is 19.7 Å². The second-order valence-corrected chi connectivity index (χ2v) is 4.78. The molecule has 1 aliphatic rings. The number of hydrogen-bond acceptors (Lipinski definition) is 4. The zero-order valence-electron chi connectivity index (χ0n) is 6.17. The summed E-state index contributed by atoms with van der Waals surface area (Å²) in [5, 5.41) is -0.197. The largest absolute Gasteiger partial charge is 0.534 e. The van der Waals surface area contributed by atoms with Crippen LogP contribution in [0.2, 0.25) is 0 Å². The van der Waals surface area contributed by atoms with Crippen molar-refractivity contribution in [3.63, 3.8) is 0 Å². The van der Waals surface area contributed by atoms with E-state index in [1.54, 1.807) is 0 Å². The lowest BCUT2D eigenvalue weighted by molar-refractivity contribution is -0.0517. The average Bonchev–Trinajstić information content (AvgIpc) is 2.35. The van der Waals surface area contributed by atoms with E-state index in [-0.39, 0.29) is 5.09 Å². The van der Waals surface area contributed by atoms with Gasteiger partial charge in [0.15, 0.2) is 5.09 Å². The highest BCUT2D eigenvalue weighted by Crippen LogP contribution is 2.33. The Hall–Kier alpha value is -0.370. The summed E-state index contributed by atoms with van der Waals surface area (Å²) < 4.78 is 59.9. The number of hydrogen-bond donors (Lipinski definition) is 0. The summed E-state index contributed by atoms with van der Waals surface area (Å²) in [4.78, 5) is 0. The molecule has 76 valence electrons. The van der Waals surface area contributed by atoms with Gasteiger partial charge in [0, 0.05) is 5.75 Å². The van der Waals surface area contributed by atoms with Crippen molar-refractivity contribution in [2.24, 2.45) is 0 Å². The Morgan fingerprint density at radius 2 is 2.08 bits per heavy atom. The molecule has 1 heterocycles. The highest BCUT2D eigenvalue weighted by molar-refractivity contribution is 8.03. The van der Waals surface area contributed by atoms with Crippen molar-refractivity contribution in [1.29, 1.82) is 0 Å². The minimum Gasteiger partial charge on any atom is -0.369 e. The van der Waals surface area contributed by atoms with Gasteiger partial charge in [-0.3, -0.25) is 0 Å². The molecule has 13 heavy (non-hydrogen) atoms. The van der Waals surface area contributed by atoms with E-state index in [9.17, 15) is 21.6 Å². The van der Waals surface area contributed by atoms with E-state index in [2.05, 4.69) is 4.18 Å². The fourth-order valence-corrected chi connectivity index (χ4v) is 2.12. The SMILES string of the molecule is O=S(=O)(OC1=CCCS1)C(F)(F)F. The standard InChI is InChI=1S/C5H5F3O3S2/c6-5(7,8)13(9,10)11-4-2-1-3-12-4/h2H,1,3H2. The first-order chi connectivity index (χ1) is 5.83. The summed E-state index contributed by atoms with van der Waals surface area (Å²) in [5.74, 6) is 0.544. The minimum absolute atomic E-state index is 0.197. The van der Waals surface area contributed by atoms with Gasteiger partial charge in [-0.15, -0.1) is 0 Å². The molecule has 0 N–H and O–H groups in total. The van der Waals surface area contributed by atoms with Gasteiger partial charge < -0.3 is 4.18 Å². The van der Waals surface area contributed by atoms with Gasteiger partial charge in [0.2, 0.25) is 0 Å². The van der Waals surface area contributed by atoms with Crippen LogP contribution in [-0.2, 0) is 14.3 Å². The molecule has 0 spiro atoms. The lowest BCUT2D eigenvalue weighted by Gasteiger charge is -2.08. The summed E-state index contributed by atoms with van der Waals surface area (Å²) >= 11 is 0.945. The van der Waals surface area contributed by atoms with Crippen molar-refractivity contribution in [2.45, 2.75) is 11.9 Å². The number of alkyl halides is 3. The van der Waals surface area contributed by atoms with E-state index in [1.165, 1.54) is 6.08 Å². The quantitative estimate of drug-likeness (QED) is 0.540. The van der Waals surface area contributed by atoms with Crippen LogP contribution in [0.4, 0.5) is 13.2 Å². The molecule has 0 fully saturated rings. The van der Waals surface area contributed by atoms with Gasteiger partial charge in [-0.25, -0.2) is 0 Å². The summed E-state index contributed by atoms with van der Waals surface area (Å²) in [6.07, 6.45) is 1.83. The van der Waals surface area contributed by atoms with Crippen LogP contribution in [0.25, 0.3) is 0 Å². The third kappa shape index (κ3) is 2.53. The molecule has 0 saturated carbocycles. The van der Waals surface area contributed by atoms with Crippen molar-refractivity contribution in [3.8, 4) is 0 Å². The van der Waals surface area contributed by atoms with E-state index >= 15 is 0 Å². The lowest BCUT2D eigenvalue weighted by atomic mass is 10.5. The summed E-state index contributed by atoms with van der Waals surface area (Å²) in [7, 11) is -5.47. The second-order valence-electron chi connectivity index (χ2n) is 2.14. The molecule has 3 nitrogen and oxygen atoms in total. The highest BCUT2D eigenvalue weighted by Gasteiger charge is 2.49. The number of thioether (sulfide) groups is 1. The first-order valence-corrected chi connectivity index (χ1v) is 5.56.